The molecular formula is C19H26N2O4. The molecule has 136 valence electrons. The van der Waals surface area contributed by atoms with Gasteiger partial charge in [0.2, 0.25) is 5.91 Å². The van der Waals surface area contributed by atoms with Crippen molar-refractivity contribution in [2.75, 3.05) is 32.9 Å². The molecule has 2 atom stereocenters. The second kappa shape index (κ2) is 7.02. The molecule has 1 spiro atoms. The first-order chi connectivity index (χ1) is 12.1. The minimum atomic E-state index is -0.210. The molecule has 6 nitrogen and oxygen atoms in total. The molecule has 3 aliphatic heterocycles. The molecule has 1 amide bonds. The van der Waals surface area contributed by atoms with Gasteiger partial charge in [0, 0.05) is 25.3 Å². The Kier molecular flexibility index (Phi) is 4.75. The Balaban J connectivity index is 1.28. The fraction of sp³-hybridized carbons (Fsp3) is 0.684. The number of rotatable bonds is 4. The van der Waals surface area contributed by atoms with Gasteiger partial charge in [0.25, 0.3) is 0 Å². The first-order valence-corrected chi connectivity index (χ1v) is 9.18. The number of carbonyl (C=O) groups is 1. The van der Waals surface area contributed by atoms with Crippen molar-refractivity contribution >= 4 is 5.91 Å². The highest BCUT2D eigenvalue weighted by molar-refractivity contribution is 5.80. The molecule has 0 radical (unpaired) electrons. The highest BCUT2D eigenvalue weighted by Gasteiger charge is 2.50. The van der Waals surface area contributed by atoms with E-state index in [4.69, 9.17) is 14.2 Å². The zero-order chi connectivity index (χ0) is 17.3. The Bertz CT molecular complexity index is 624. The maximum Gasteiger partial charge on any atom is 0.228 e. The molecule has 0 aliphatic carbocycles. The van der Waals surface area contributed by atoms with Gasteiger partial charge in [-0.3, -0.25) is 9.78 Å². The van der Waals surface area contributed by atoms with Crippen molar-refractivity contribution < 1.29 is 19.0 Å². The van der Waals surface area contributed by atoms with Gasteiger partial charge in [0.05, 0.1) is 44.0 Å². The van der Waals surface area contributed by atoms with Gasteiger partial charge in [-0.25, -0.2) is 0 Å². The van der Waals surface area contributed by atoms with Crippen molar-refractivity contribution in [1.29, 1.82) is 0 Å². The van der Waals surface area contributed by atoms with E-state index < -0.39 is 0 Å². The van der Waals surface area contributed by atoms with Crippen LogP contribution in [0.4, 0.5) is 0 Å². The number of hydrogen-bond donors (Lipinski definition) is 0. The minimum absolute atomic E-state index is 0.0420. The fourth-order valence-electron chi connectivity index (χ4n) is 4.02. The Labute approximate surface area is 148 Å². The summed E-state index contributed by atoms with van der Waals surface area (Å²) in [6.45, 7) is 5.86. The molecule has 4 rings (SSSR count). The second-order valence-corrected chi connectivity index (χ2v) is 7.48. The maximum atomic E-state index is 12.4. The highest BCUT2D eigenvalue weighted by Crippen LogP contribution is 2.36. The zero-order valence-electron chi connectivity index (χ0n) is 14.8. The summed E-state index contributed by atoms with van der Waals surface area (Å²) >= 11 is 0. The van der Waals surface area contributed by atoms with E-state index >= 15 is 0 Å². The molecule has 6 heteroatoms. The summed E-state index contributed by atoms with van der Waals surface area (Å²) in [6.07, 6.45) is 2.77. The summed E-state index contributed by atoms with van der Waals surface area (Å²) in [5, 5.41) is 0. The van der Waals surface area contributed by atoms with E-state index in [1.807, 2.05) is 30.0 Å². The van der Waals surface area contributed by atoms with Gasteiger partial charge in [0.15, 0.2) is 0 Å². The predicted octanol–water partition coefficient (Wildman–Crippen LogP) is 1.70. The smallest absolute Gasteiger partial charge is 0.228 e. The van der Waals surface area contributed by atoms with Crippen molar-refractivity contribution in [2.24, 2.45) is 5.92 Å². The third-order valence-electron chi connectivity index (χ3n) is 5.41. The van der Waals surface area contributed by atoms with E-state index in [2.05, 4.69) is 4.98 Å². The zero-order valence-corrected chi connectivity index (χ0v) is 14.8. The number of aromatic nitrogens is 1. The number of amides is 1. The van der Waals surface area contributed by atoms with Crippen LogP contribution < -0.4 is 0 Å². The summed E-state index contributed by atoms with van der Waals surface area (Å²) in [5.41, 5.74) is 1.76. The first kappa shape index (κ1) is 16.9. The summed E-state index contributed by atoms with van der Waals surface area (Å²) in [4.78, 5) is 18.8. The van der Waals surface area contributed by atoms with Crippen LogP contribution >= 0.6 is 0 Å². The van der Waals surface area contributed by atoms with Gasteiger partial charge in [-0.15, -0.1) is 0 Å². The number of likely N-dealkylation sites (tertiary alicyclic amines) is 1. The van der Waals surface area contributed by atoms with Crippen LogP contribution in [0.25, 0.3) is 0 Å². The van der Waals surface area contributed by atoms with Gasteiger partial charge in [-0.2, -0.15) is 0 Å². The van der Waals surface area contributed by atoms with Crippen LogP contribution in [-0.4, -0.2) is 60.4 Å². The summed E-state index contributed by atoms with van der Waals surface area (Å²) in [5.74, 6) is 0.263. The maximum absolute atomic E-state index is 12.4. The molecule has 0 aromatic carbocycles. The van der Waals surface area contributed by atoms with E-state index in [1.54, 1.807) is 0 Å². The number of aryl methyl sites for hydroxylation is 1. The average Bonchev–Trinajstić information content (AvgIpc) is 3.12. The molecule has 3 saturated heterocycles. The molecule has 0 N–H and O–H groups in total. The van der Waals surface area contributed by atoms with Gasteiger partial charge >= 0.3 is 0 Å². The summed E-state index contributed by atoms with van der Waals surface area (Å²) < 4.78 is 17.4. The molecule has 0 saturated carbocycles. The lowest BCUT2D eigenvalue weighted by Crippen LogP contribution is -2.68. The third-order valence-corrected chi connectivity index (χ3v) is 5.41. The van der Waals surface area contributed by atoms with Crippen LogP contribution in [-0.2, 0) is 25.6 Å². The highest BCUT2D eigenvalue weighted by atomic mass is 16.5. The molecule has 4 heterocycles. The van der Waals surface area contributed by atoms with Crippen molar-refractivity contribution in [3.63, 3.8) is 0 Å². The lowest BCUT2D eigenvalue weighted by molar-refractivity contribution is -0.204. The van der Waals surface area contributed by atoms with Crippen molar-refractivity contribution in [3.05, 3.63) is 29.6 Å². The van der Waals surface area contributed by atoms with E-state index in [0.29, 0.717) is 39.5 Å². The summed E-state index contributed by atoms with van der Waals surface area (Å²) in [7, 11) is 0. The number of ether oxygens (including phenoxy) is 3. The molecular weight excluding hydrogens is 320 g/mol. The molecule has 0 bridgehead atoms. The van der Waals surface area contributed by atoms with Crippen molar-refractivity contribution in [2.45, 2.75) is 44.5 Å². The number of hydrogen-bond acceptors (Lipinski definition) is 5. The number of nitrogens with zero attached hydrogens (tertiary/aromatic N) is 2. The van der Waals surface area contributed by atoms with Crippen LogP contribution in [0, 0.1) is 12.8 Å². The molecule has 1 aromatic heterocycles. The van der Waals surface area contributed by atoms with Crippen molar-refractivity contribution in [3.8, 4) is 0 Å². The monoisotopic (exact) mass is 346 g/mol. The minimum Gasteiger partial charge on any atom is -0.381 e. The van der Waals surface area contributed by atoms with Crippen LogP contribution in [0.2, 0.25) is 0 Å². The average molecular weight is 346 g/mol. The SMILES string of the molecule is Cc1cccc(COC2CCOC3(C2)CN(C(=O)C2CCOC2)C3)n1. The van der Waals surface area contributed by atoms with E-state index in [9.17, 15) is 4.79 Å². The Morgan fingerprint density at radius 2 is 2.24 bits per heavy atom. The van der Waals surface area contributed by atoms with Crippen LogP contribution in [0.15, 0.2) is 18.2 Å². The fourth-order valence-corrected chi connectivity index (χ4v) is 4.02. The molecule has 1 aromatic rings. The quantitative estimate of drug-likeness (QED) is 0.830. The number of pyridine rings is 1. The Morgan fingerprint density at radius 1 is 1.36 bits per heavy atom. The third kappa shape index (κ3) is 3.71. The van der Waals surface area contributed by atoms with E-state index in [1.165, 1.54) is 0 Å². The standard InChI is InChI=1S/C19H26N2O4/c1-14-3-2-4-16(20-14)11-24-17-6-8-25-19(9-17)12-21(13-19)18(22)15-5-7-23-10-15/h2-4,15,17H,5-13H2,1H3. The predicted molar refractivity (Wildman–Crippen MR) is 91.0 cm³/mol. The van der Waals surface area contributed by atoms with E-state index in [-0.39, 0.29) is 23.5 Å². The van der Waals surface area contributed by atoms with Gasteiger partial charge in [-0.1, -0.05) is 6.07 Å². The van der Waals surface area contributed by atoms with Gasteiger partial charge in [0.1, 0.15) is 5.60 Å². The van der Waals surface area contributed by atoms with Gasteiger partial charge < -0.3 is 19.1 Å². The molecule has 25 heavy (non-hydrogen) atoms. The largest absolute Gasteiger partial charge is 0.381 e. The van der Waals surface area contributed by atoms with Crippen molar-refractivity contribution in [1.82, 2.24) is 9.88 Å². The Morgan fingerprint density at radius 3 is 3.00 bits per heavy atom. The molecule has 3 fully saturated rings. The Hall–Kier alpha value is -1.50. The van der Waals surface area contributed by atoms with Gasteiger partial charge in [-0.05, 0) is 31.9 Å². The normalized spacial score (nSPS) is 28.1. The topological polar surface area (TPSA) is 60.9 Å². The lowest BCUT2D eigenvalue weighted by atomic mass is 9.84. The molecule has 2 unspecified atom stereocenters. The summed E-state index contributed by atoms with van der Waals surface area (Å²) in [6, 6.07) is 5.99. The number of carbonyl (C=O) groups excluding carboxylic acids is 1. The second-order valence-electron chi connectivity index (χ2n) is 7.48. The first-order valence-electron chi connectivity index (χ1n) is 9.18. The van der Waals surface area contributed by atoms with Crippen LogP contribution in [0.3, 0.4) is 0 Å². The van der Waals surface area contributed by atoms with Crippen LogP contribution in [0.5, 0.6) is 0 Å². The van der Waals surface area contributed by atoms with Crippen LogP contribution in [0.1, 0.15) is 30.7 Å². The van der Waals surface area contributed by atoms with E-state index in [0.717, 1.165) is 30.7 Å². The molecule has 3 aliphatic rings. The lowest BCUT2D eigenvalue weighted by Gasteiger charge is -2.53.